The maximum absolute atomic E-state index is 5.79. The van der Waals surface area contributed by atoms with Crippen molar-refractivity contribution in [3.05, 3.63) is 49.0 Å². The van der Waals surface area contributed by atoms with E-state index in [1.165, 1.54) is 10.6 Å². The number of nitrogens with zero attached hydrogens (tertiary/aromatic N) is 1. The number of anilines is 1. The number of rotatable bonds is 4. The van der Waals surface area contributed by atoms with Gasteiger partial charge in [-0.3, -0.25) is 0 Å². The first-order valence-corrected chi connectivity index (χ1v) is 7.99. The molecule has 1 aromatic carbocycles. The van der Waals surface area contributed by atoms with Crippen LogP contribution in [0.2, 0.25) is 0 Å². The molecule has 0 aliphatic carbocycles. The van der Waals surface area contributed by atoms with Gasteiger partial charge in [0.25, 0.3) is 0 Å². The van der Waals surface area contributed by atoms with Gasteiger partial charge in [0, 0.05) is 38.5 Å². The molecule has 2 N–H and O–H groups in total. The smallest absolute Gasteiger partial charge is 0.0520 e. The molecule has 2 aromatic rings. The summed E-state index contributed by atoms with van der Waals surface area (Å²) in [6.07, 6.45) is 0. The first kappa shape index (κ1) is 14.1. The van der Waals surface area contributed by atoms with Crippen LogP contribution in [0.4, 0.5) is 5.69 Å². The fourth-order valence-corrected chi connectivity index (χ4v) is 3.67. The number of hydrogen-bond acceptors (Lipinski definition) is 3. The van der Waals surface area contributed by atoms with E-state index in [-0.39, 0.29) is 0 Å². The van der Waals surface area contributed by atoms with Crippen LogP contribution in [0.1, 0.15) is 10.4 Å². The molecule has 0 fully saturated rings. The van der Waals surface area contributed by atoms with E-state index in [2.05, 4.69) is 67.4 Å². The Morgan fingerprint density at radius 2 is 2.00 bits per heavy atom. The Morgan fingerprint density at radius 1 is 1.22 bits per heavy atom. The molecule has 0 amide bonds. The lowest BCUT2D eigenvalue weighted by atomic mass is 10.1. The van der Waals surface area contributed by atoms with Crippen molar-refractivity contribution in [2.75, 3.05) is 11.9 Å². The highest BCUT2D eigenvalue weighted by atomic mass is 79.9. The lowest BCUT2D eigenvalue weighted by Gasteiger charge is -2.21. The summed E-state index contributed by atoms with van der Waals surface area (Å²) in [7, 11) is 2.09. The topological polar surface area (TPSA) is 29.3 Å². The van der Waals surface area contributed by atoms with E-state index in [9.17, 15) is 0 Å². The van der Waals surface area contributed by atoms with Crippen molar-refractivity contribution in [3.63, 3.8) is 0 Å². The molecule has 0 bridgehead atoms. The second-order valence-electron chi connectivity index (χ2n) is 4.06. The summed E-state index contributed by atoms with van der Waals surface area (Å²) in [5, 5.41) is 2.11. The summed E-state index contributed by atoms with van der Waals surface area (Å²) < 4.78 is 2.22. The van der Waals surface area contributed by atoms with Gasteiger partial charge in [0.1, 0.15) is 0 Å². The van der Waals surface area contributed by atoms with Crippen LogP contribution in [0.3, 0.4) is 0 Å². The quantitative estimate of drug-likeness (QED) is 0.841. The third-order valence-electron chi connectivity index (χ3n) is 2.69. The predicted molar refractivity (Wildman–Crippen MR) is 86.2 cm³/mol. The Bertz CT molecular complexity index is 540. The molecular formula is C13H14Br2N2S. The molecule has 2 nitrogen and oxygen atoms in total. The molecular weight excluding hydrogens is 376 g/mol. The molecule has 0 saturated heterocycles. The minimum atomic E-state index is 0.557. The minimum Gasteiger partial charge on any atom is -0.369 e. The maximum atomic E-state index is 5.79. The number of thiophene rings is 1. The standard InChI is InChI=1S/C13H14Br2N2S/c1-17(7-12-4-11(15)8-18-12)13-5-10(14)3-2-9(13)6-16/h2-5,8H,6-7,16H2,1H3. The van der Waals surface area contributed by atoms with E-state index in [1.807, 2.05) is 6.07 Å². The zero-order chi connectivity index (χ0) is 13.1. The second kappa shape index (κ2) is 6.19. The van der Waals surface area contributed by atoms with Gasteiger partial charge in [-0.25, -0.2) is 0 Å². The Kier molecular flexibility index (Phi) is 4.84. The maximum Gasteiger partial charge on any atom is 0.0520 e. The van der Waals surface area contributed by atoms with Crippen LogP contribution in [0.25, 0.3) is 0 Å². The van der Waals surface area contributed by atoms with Crippen LogP contribution in [0.15, 0.2) is 38.6 Å². The van der Waals surface area contributed by atoms with Crippen LogP contribution in [0, 0.1) is 0 Å². The molecule has 0 spiro atoms. The summed E-state index contributed by atoms with van der Waals surface area (Å²) in [6, 6.07) is 8.37. The Morgan fingerprint density at radius 3 is 2.61 bits per heavy atom. The van der Waals surface area contributed by atoms with Gasteiger partial charge in [-0.2, -0.15) is 0 Å². The van der Waals surface area contributed by atoms with E-state index in [0.29, 0.717) is 6.54 Å². The first-order chi connectivity index (χ1) is 8.60. The highest BCUT2D eigenvalue weighted by Crippen LogP contribution is 2.27. The summed E-state index contributed by atoms with van der Waals surface area (Å²) in [5.74, 6) is 0. The molecule has 0 aliphatic rings. The molecule has 1 aromatic heterocycles. The van der Waals surface area contributed by atoms with Crippen molar-refractivity contribution in [1.29, 1.82) is 0 Å². The van der Waals surface area contributed by atoms with E-state index in [0.717, 1.165) is 21.1 Å². The van der Waals surface area contributed by atoms with Gasteiger partial charge < -0.3 is 10.6 Å². The third-order valence-corrected chi connectivity index (χ3v) is 4.87. The number of halogens is 2. The van der Waals surface area contributed by atoms with Gasteiger partial charge in [0.2, 0.25) is 0 Å². The fraction of sp³-hybridized carbons (Fsp3) is 0.231. The van der Waals surface area contributed by atoms with Crippen LogP contribution in [-0.4, -0.2) is 7.05 Å². The average Bonchev–Trinajstić information content (AvgIpc) is 2.74. The zero-order valence-corrected chi connectivity index (χ0v) is 14.0. The monoisotopic (exact) mass is 388 g/mol. The van der Waals surface area contributed by atoms with Crippen LogP contribution >= 0.6 is 43.2 Å². The van der Waals surface area contributed by atoms with Crippen molar-refractivity contribution < 1.29 is 0 Å². The van der Waals surface area contributed by atoms with Gasteiger partial charge >= 0.3 is 0 Å². The first-order valence-electron chi connectivity index (χ1n) is 5.52. The zero-order valence-electron chi connectivity index (χ0n) is 9.99. The molecule has 0 radical (unpaired) electrons. The number of nitrogens with two attached hydrogens (primary N) is 1. The van der Waals surface area contributed by atoms with Gasteiger partial charge in [0.15, 0.2) is 0 Å². The third kappa shape index (κ3) is 3.35. The van der Waals surface area contributed by atoms with Crippen molar-refractivity contribution in [2.45, 2.75) is 13.1 Å². The molecule has 0 unspecified atom stereocenters. The summed E-state index contributed by atoms with van der Waals surface area (Å²) in [4.78, 5) is 3.55. The normalized spacial score (nSPS) is 10.7. The highest BCUT2D eigenvalue weighted by molar-refractivity contribution is 9.10. The van der Waals surface area contributed by atoms with Gasteiger partial charge in [0.05, 0.1) is 6.54 Å². The molecule has 18 heavy (non-hydrogen) atoms. The highest BCUT2D eigenvalue weighted by Gasteiger charge is 2.09. The molecule has 96 valence electrons. The second-order valence-corrected chi connectivity index (χ2v) is 6.89. The molecule has 1 heterocycles. The van der Waals surface area contributed by atoms with E-state index < -0.39 is 0 Å². The van der Waals surface area contributed by atoms with Crippen molar-refractivity contribution in [2.24, 2.45) is 5.73 Å². The lowest BCUT2D eigenvalue weighted by Crippen LogP contribution is -2.18. The van der Waals surface area contributed by atoms with Crippen LogP contribution in [0.5, 0.6) is 0 Å². The molecule has 2 rings (SSSR count). The predicted octanol–water partition coefficient (Wildman–Crippen LogP) is 4.37. The van der Waals surface area contributed by atoms with Crippen molar-refractivity contribution in [3.8, 4) is 0 Å². The molecule has 5 heteroatoms. The van der Waals surface area contributed by atoms with E-state index in [1.54, 1.807) is 11.3 Å². The van der Waals surface area contributed by atoms with Crippen molar-refractivity contribution in [1.82, 2.24) is 0 Å². The average molecular weight is 390 g/mol. The Hall–Kier alpha value is -0.360. The van der Waals surface area contributed by atoms with E-state index >= 15 is 0 Å². The minimum absolute atomic E-state index is 0.557. The fourth-order valence-electron chi connectivity index (χ4n) is 1.82. The number of benzene rings is 1. The molecule has 0 aliphatic heterocycles. The molecule has 0 saturated carbocycles. The largest absolute Gasteiger partial charge is 0.369 e. The van der Waals surface area contributed by atoms with Gasteiger partial charge in [-0.05, 0) is 39.7 Å². The van der Waals surface area contributed by atoms with Gasteiger partial charge in [-0.1, -0.05) is 22.0 Å². The van der Waals surface area contributed by atoms with Crippen LogP contribution < -0.4 is 10.6 Å². The van der Waals surface area contributed by atoms with Crippen LogP contribution in [-0.2, 0) is 13.1 Å². The Labute approximate surface area is 128 Å². The Balaban J connectivity index is 2.22. The lowest BCUT2D eigenvalue weighted by molar-refractivity contribution is 0.917. The van der Waals surface area contributed by atoms with E-state index in [4.69, 9.17) is 5.73 Å². The van der Waals surface area contributed by atoms with Crippen molar-refractivity contribution >= 4 is 48.9 Å². The molecule has 0 atom stereocenters. The number of hydrogen-bond donors (Lipinski definition) is 1. The SMILES string of the molecule is CN(Cc1cc(Br)cs1)c1cc(Br)ccc1CN. The summed E-state index contributed by atoms with van der Waals surface area (Å²) in [6.45, 7) is 1.45. The summed E-state index contributed by atoms with van der Waals surface area (Å²) in [5.41, 5.74) is 8.13. The summed E-state index contributed by atoms with van der Waals surface area (Å²) >= 11 is 8.75. The van der Waals surface area contributed by atoms with Gasteiger partial charge in [-0.15, -0.1) is 11.3 Å².